The fourth-order valence-electron chi connectivity index (χ4n) is 2.98. The summed E-state index contributed by atoms with van der Waals surface area (Å²) in [4.78, 5) is 31.2. The molecule has 0 aliphatic heterocycles. The highest BCUT2D eigenvalue weighted by atomic mass is 16.5. The minimum atomic E-state index is -0.251. The predicted octanol–water partition coefficient (Wildman–Crippen LogP) is 2.79. The van der Waals surface area contributed by atoms with Gasteiger partial charge in [-0.25, -0.2) is 9.67 Å². The number of methoxy groups -OCH3 is 1. The van der Waals surface area contributed by atoms with Crippen molar-refractivity contribution in [1.82, 2.24) is 19.7 Å². The van der Waals surface area contributed by atoms with Crippen LogP contribution in [0.1, 0.15) is 40.2 Å². The number of H-pyrrole nitrogens is 1. The molecule has 0 radical (unpaired) electrons. The van der Waals surface area contributed by atoms with Crippen molar-refractivity contribution in [3.63, 3.8) is 0 Å². The maximum atomic E-state index is 12.6. The molecule has 0 amide bonds. The van der Waals surface area contributed by atoms with E-state index in [9.17, 15) is 9.59 Å². The summed E-state index contributed by atoms with van der Waals surface area (Å²) in [6, 6.07) is 9.26. The maximum absolute atomic E-state index is 12.6. The van der Waals surface area contributed by atoms with Crippen molar-refractivity contribution in [2.24, 2.45) is 0 Å². The summed E-state index contributed by atoms with van der Waals surface area (Å²) < 4.78 is 6.71. The molecule has 7 heteroatoms. The number of rotatable bonds is 7. The number of ketones is 1. The first kappa shape index (κ1) is 18.6. The second kappa shape index (κ2) is 7.99. The molecular formula is C20H22N4O3. The number of ether oxygens (including phenoxy) is 1. The van der Waals surface area contributed by atoms with Gasteiger partial charge >= 0.3 is 0 Å². The van der Waals surface area contributed by atoms with Crippen molar-refractivity contribution in [3.05, 3.63) is 69.4 Å². The molecule has 2 heterocycles. The van der Waals surface area contributed by atoms with Crippen LogP contribution in [-0.2, 0) is 6.42 Å². The Bertz CT molecular complexity index is 1020. The molecule has 0 aliphatic rings. The fourth-order valence-corrected chi connectivity index (χ4v) is 2.98. The van der Waals surface area contributed by atoms with E-state index >= 15 is 0 Å². The smallest absolute Gasteiger partial charge is 0.252 e. The van der Waals surface area contributed by atoms with E-state index < -0.39 is 0 Å². The molecule has 0 bridgehead atoms. The third-order valence-electron chi connectivity index (χ3n) is 4.37. The van der Waals surface area contributed by atoms with Crippen LogP contribution < -0.4 is 10.3 Å². The number of carbonyl (C=O) groups excluding carboxylic acids is 1. The van der Waals surface area contributed by atoms with Crippen LogP contribution in [0.4, 0.5) is 0 Å². The zero-order chi connectivity index (χ0) is 19.4. The van der Waals surface area contributed by atoms with Gasteiger partial charge in [-0.1, -0.05) is 12.1 Å². The highest BCUT2D eigenvalue weighted by Gasteiger charge is 2.16. The molecule has 1 N–H and O–H groups in total. The number of aryl methyl sites for hydroxylation is 2. The summed E-state index contributed by atoms with van der Waals surface area (Å²) in [6.07, 6.45) is 3.48. The average Bonchev–Trinajstić information content (AvgIpc) is 3.02. The van der Waals surface area contributed by atoms with Gasteiger partial charge in [0.05, 0.1) is 24.6 Å². The number of nitrogens with zero attached hydrogens (tertiary/aromatic N) is 3. The standard InChI is InChI=1S/C20H22N4O3/c1-13-10-19(26)23-20(22-13)24-14(2)17(12-21-24)18(25)9-5-7-15-6-4-8-16(11-15)27-3/h4,6,8,10-12H,5,7,9H2,1-3H3,(H,22,23,26). The normalized spacial score (nSPS) is 10.8. The number of carbonyl (C=O) groups is 1. The highest BCUT2D eigenvalue weighted by Crippen LogP contribution is 2.17. The van der Waals surface area contributed by atoms with Crippen molar-refractivity contribution >= 4 is 5.78 Å². The van der Waals surface area contributed by atoms with Crippen LogP contribution in [0.2, 0.25) is 0 Å². The molecule has 0 atom stereocenters. The molecule has 0 fully saturated rings. The van der Waals surface area contributed by atoms with Crippen molar-refractivity contribution < 1.29 is 9.53 Å². The molecule has 140 valence electrons. The first-order valence-electron chi connectivity index (χ1n) is 8.77. The largest absolute Gasteiger partial charge is 0.497 e. The molecule has 27 heavy (non-hydrogen) atoms. The van der Waals surface area contributed by atoms with Gasteiger partial charge in [0, 0.05) is 18.2 Å². The summed E-state index contributed by atoms with van der Waals surface area (Å²) in [6.45, 7) is 3.53. The number of hydrogen-bond donors (Lipinski definition) is 1. The Balaban J connectivity index is 1.68. The van der Waals surface area contributed by atoms with Crippen LogP contribution in [0.25, 0.3) is 5.95 Å². The summed E-state index contributed by atoms with van der Waals surface area (Å²) in [5.41, 5.74) is 2.68. The summed E-state index contributed by atoms with van der Waals surface area (Å²) in [5, 5.41) is 4.22. The molecular weight excluding hydrogens is 344 g/mol. The molecule has 0 saturated carbocycles. The lowest BCUT2D eigenvalue weighted by atomic mass is 10.0. The van der Waals surface area contributed by atoms with Gasteiger partial charge in [0.25, 0.3) is 5.56 Å². The van der Waals surface area contributed by atoms with Crippen LogP contribution in [0.5, 0.6) is 5.75 Å². The topological polar surface area (TPSA) is 89.9 Å². The Morgan fingerprint density at radius 2 is 2.07 bits per heavy atom. The Morgan fingerprint density at radius 1 is 1.26 bits per heavy atom. The van der Waals surface area contributed by atoms with Crippen LogP contribution >= 0.6 is 0 Å². The van der Waals surface area contributed by atoms with E-state index in [1.54, 1.807) is 21.0 Å². The van der Waals surface area contributed by atoms with Crippen LogP contribution in [-0.4, -0.2) is 32.6 Å². The van der Waals surface area contributed by atoms with Gasteiger partial charge in [-0.3, -0.25) is 14.6 Å². The number of nitrogens with one attached hydrogen (secondary N) is 1. The lowest BCUT2D eigenvalue weighted by Crippen LogP contribution is -2.15. The Hall–Kier alpha value is -3.22. The second-order valence-electron chi connectivity index (χ2n) is 6.39. The lowest BCUT2D eigenvalue weighted by Gasteiger charge is -2.06. The number of Topliss-reactive ketones (excluding diaryl/α,β-unsaturated/α-hetero) is 1. The van der Waals surface area contributed by atoms with Gasteiger partial charge in [0.15, 0.2) is 5.78 Å². The van der Waals surface area contributed by atoms with Crippen LogP contribution in [0.15, 0.2) is 41.3 Å². The fraction of sp³-hybridized carbons (Fsp3) is 0.300. The van der Waals surface area contributed by atoms with Gasteiger partial charge in [-0.2, -0.15) is 5.10 Å². The van der Waals surface area contributed by atoms with Crippen molar-refractivity contribution in [1.29, 1.82) is 0 Å². The molecule has 3 rings (SSSR count). The van der Waals surface area contributed by atoms with E-state index in [2.05, 4.69) is 15.1 Å². The monoisotopic (exact) mass is 366 g/mol. The second-order valence-corrected chi connectivity index (χ2v) is 6.39. The van der Waals surface area contributed by atoms with Gasteiger partial charge in [0.1, 0.15) is 5.75 Å². The van der Waals surface area contributed by atoms with Crippen LogP contribution in [0.3, 0.4) is 0 Å². The van der Waals surface area contributed by atoms with Crippen molar-refractivity contribution in [3.8, 4) is 11.7 Å². The molecule has 2 aromatic heterocycles. The molecule has 7 nitrogen and oxygen atoms in total. The predicted molar refractivity (Wildman–Crippen MR) is 102 cm³/mol. The maximum Gasteiger partial charge on any atom is 0.252 e. The molecule has 0 aliphatic carbocycles. The highest BCUT2D eigenvalue weighted by molar-refractivity contribution is 5.96. The number of aromatic amines is 1. The Morgan fingerprint density at radius 3 is 2.81 bits per heavy atom. The van der Waals surface area contributed by atoms with E-state index in [4.69, 9.17) is 4.74 Å². The van der Waals surface area contributed by atoms with E-state index in [1.165, 1.54) is 16.9 Å². The molecule has 0 spiro atoms. The SMILES string of the molecule is COc1cccc(CCCC(=O)c2cnn(-c3nc(C)cc(=O)[nH]3)c2C)c1. The average molecular weight is 366 g/mol. The molecule has 0 unspecified atom stereocenters. The first-order chi connectivity index (χ1) is 13.0. The molecule has 0 saturated heterocycles. The third-order valence-corrected chi connectivity index (χ3v) is 4.37. The minimum Gasteiger partial charge on any atom is -0.497 e. The minimum absolute atomic E-state index is 0.0247. The van der Waals surface area contributed by atoms with E-state index in [0.717, 1.165) is 24.2 Å². The van der Waals surface area contributed by atoms with Gasteiger partial charge in [0.2, 0.25) is 5.95 Å². The van der Waals surface area contributed by atoms with Gasteiger partial charge in [-0.15, -0.1) is 0 Å². The van der Waals surface area contributed by atoms with Crippen LogP contribution in [0, 0.1) is 13.8 Å². The lowest BCUT2D eigenvalue weighted by molar-refractivity contribution is 0.0979. The van der Waals surface area contributed by atoms with Gasteiger partial charge in [-0.05, 0) is 44.4 Å². The zero-order valence-electron chi connectivity index (χ0n) is 15.7. The Kier molecular flexibility index (Phi) is 5.49. The number of aromatic nitrogens is 4. The van der Waals surface area contributed by atoms with Gasteiger partial charge < -0.3 is 4.74 Å². The zero-order valence-corrected chi connectivity index (χ0v) is 15.7. The molecule has 3 aromatic rings. The first-order valence-corrected chi connectivity index (χ1v) is 8.77. The summed E-state index contributed by atoms with van der Waals surface area (Å²) in [7, 11) is 1.64. The third kappa shape index (κ3) is 4.31. The number of hydrogen-bond acceptors (Lipinski definition) is 5. The van der Waals surface area contributed by atoms with E-state index in [-0.39, 0.29) is 11.3 Å². The number of benzene rings is 1. The summed E-state index contributed by atoms with van der Waals surface area (Å²) in [5.74, 6) is 1.15. The van der Waals surface area contributed by atoms with E-state index in [1.807, 2.05) is 24.3 Å². The molecule has 1 aromatic carbocycles. The summed E-state index contributed by atoms with van der Waals surface area (Å²) >= 11 is 0. The van der Waals surface area contributed by atoms with Crippen molar-refractivity contribution in [2.75, 3.05) is 7.11 Å². The van der Waals surface area contributed by atoms with E-state index in [0.29, 0.717) is 29.3 Å². The Labute approximate surface area is 157 Å². The quantitative estimate of drug-likeness (QED) is 0.650. The van der Waals surface area contributed by atoms with Crippen molar-refractivity contribution in [2.45, 2.75) is 33.1 Å².